The normalized spacial score (nSPS) is 10.4. The van der Waals surface area contributed by atoms with E-state index >= 15 is 0 Å². The van der Waals surface area contributed by atoms with Crippen LogP contribution in [0.2, 0.25) is 25.1 Å². The first-order valence-corrected chi connectivity index (χ1v) is 4.54. The van der Waals surface area contributed by atoms with Gasteiger partial charge in [-0.25, -0.2) is 0 Å². The Bertz CT molecular complexity index is 230. The fraction of sp³-hybridized carbons (Fsp3) is 0. The Kier molecular flexibility index (Phi) is 3.24. The van der Waals surface area contributed by atoms with Gasteiger partial charge in [-0.05, 0) is 0 Å². The van der Waals surface area contributed by atoms with Crippen LogP contribution >= 0.6 is 58.0 Å². The molecule has 0 aromatic heterocycles. The van der Waals surface area contributed by atoms with Crippen molar-refractivity contribution >= 4 is 58.0 Å². The van der Waals surface area contributed by atoms with Crippen LogP contribution in [0.1, 0.15) is 0 Å². The molecule has 0 saturated heterocycles. The predicted octanol–water partition coefficient (Wildman–Crippen LogP) is 4.03. The van der Waals surface area contributed by atoms with E-state index in [1.54, 1.807) is 0 Å². The van der Waals surface area contributed by atoms with Gasteiger partial charge < -0.3 is 5.11 Å². The standard InChI is InChI=1S/C6HCl5O/c7-1-2(8)4(10)6(12)5(11)3(1)9/h12H/p-1. The molecule has 0 spiro atoms. The molecule has 12 heavy (non-hydrogen) atoms. The summed E-state index contributed by atoms with van der Waals surface area (Å²) < 4.78 is 0. The molecule has 1 nitrogen and oxygen atoms in total. The van der Waals surface area contributed by atoms with Crippen molar-refractivity contribution in [3.05, 3.63) is 25.1 Å². The van der Waals surface area contributed by atoms with Crippen LogP contribution in [-0.4, -0.2) is 0 Å². The summed E-state index contributed by atoms with van der Waals surface area (Å²) in [5, 5.41) is 10.5. The molecule has 0 unspecified atom stereocenters. The minimum Gasteiger partial charge on any atom is -0.870 e. The zero-order valence-corrected chi connectivity index (χ0v) is 9.08. The van der Waals surface area contributed by atoms with Crippen LogP contribution in [0, 0.1) is 0 Å². The Morgan fingerprint density at radius 1 is 0.583 bits per heavy atom. The van der Waals surface area contributed by atoms with Crippen molar-refractivity contribution < 1.29 is 5.11 Å². The third-order valence-corrected chi connectivity index (χ3v) is 3.41. The molecule has 0 N–H and O–H groups in total. The third kappa shape index (κ3) is 1.57. The van der Waals surface area contributed by atoms with Gasteiger partial charge in [-0.15, -0.1) is 0 Å². The smallest absolute Gasteiger partial charge is 0.0808 e. The highest BCUT2D eigenvalue weighted by molar-refractivity contribution is 6.55. The molecule has 1 aromatic carbocycles. The van der Waals surface area contributed by atoms with E-state index in [4.69, 9.17) is 58.0 Å². The van der Waals surface area contributed by atoms with Crippen molar-refractivity contribution in [3.63, 3.8) is 0 Å². The minimum atomic E-state index is -0.613. The SMILES string of the molecule is [O-]c1c(Cl)c(Cl)c(Cl)c(Cl)c1Cl. The Morgan fingerprint density at radius 2 is 0.833 bits per heavy atom. The third-order valence-electron chi connectivity index (χ3n) is 1.17. The lowest BCUT2D eigenvalue weighted by molar-refractivity contribution is -0.267. The van der Waals surface area contributed by atoms with E-state index in [2.05, 4.69) is 0 Å². The maximum Gasteiger partial charge on any atom is 0.0808 e. The van der Waals surface area contributed by atoms with Gasteiger partial charge in [0, 0.05) is 0 Å². The first-order valence-electron chi connectivity index (χ1n) is 2.65. The summed E-state index contributed by atoms with van der Waals surface area (Å²) in [5.74, 6) is -0.613. The number of hydrogen-bond donors (Lipinski definition) is 0. The first kappa shape index (κ1) is 10.6. The molecule has 66 valence electrons. The summed E-state index contributed by atoms with van der Waals surface area (Å²) in [7, 11) is 0. The van der Waals surface area contributed by atoms with Gasteiger partial charge in [-0.1, -0.05) is 63.8 Å². The molecule has 1 rings (SSSR count). The van der Waals surface area contributed by atoms with Gasteiger partial charge in [0.2, 0.25) is 0 Å². The lowest BCUT2D eigenvalue weighted by Gasteiger charge is -2.14. The van der Waals surface area contributed by atoms with E-state index in [1.807, 2.05) is 0 Å². The Morgan fingerprint density at radius 3 is 1.17 bits per heavy atom. The van der Waals surface area contributed by atoms with Gasteiger partial charge in [-0.3, -0.25) is 0 Å². The molecule has 0 fully saturated rings. The lowest BCUT2D eigenvalue weighted by atomic mass is 10.3. The summed E-state index contributed by atoms with van der Waals surface area (Å²) in [6.07, 6.45) is 0. The van der Waals surface area contributed by atoms with Gasteiger partial charge in [0.15, 0.2) is 0 Å². The average molecular weight is 265 g/mol. The molecule has 6 heteroatoms. The fourth-order valence-electron chi connectivity index (χ4n) is 0.585. The molecule has 0 aliphatic heterocycles. The summed E-state index contributed by atoms with van der Waals surface area (Å²) in [5.41, 5.74) is 0. The second-order valence-electron chi connectivity index (χ2n) is 1.90. The van der Waals surface area contributed by atoms with Gasteiger partial charge in [-0.2, -0.15) is 0 Å². The van der Waals surface area contributed by atoms with Crippen LogP contribution < -0.4 is 5.11 Å². The topological polar surface area (TPSA) is 23.1 Å². The molecule has 1 aromatic rings. The Labute approximate surface area is 93.7 Å². The molecule has 0 aliphatic rings. The average Bonchev–Trinajstić information content (AvgIpc) is 2.08. The quantitative estimate of drug-likeness (QED) is 0.513. The van der Waals surface area contributed by atoms with Crippen molar-refractivity contribution in [3.8, 4) is 5.75 Å². The summed E-state index contributed by atoms with van der Waals surface area (Å²) in [6, 6.07) is 0. The first-order chi connectivity index (χ1) is 5.46. The zero-order valence-electron chi connectivity index (χ0n) is 5.30. The lowest BCUT2D eigenvalue weighted by Crippen LogP contribution is -1.93. The number of benzene rings is 1. The van der Waals surface area contributed by atoms with E-state index in [0.29, 0.717) is 0 Å². The largest absolute Gasteiger partial charge is 0.870 e. The van der Waals surface area contributed by atoms with E-state index < -0.39 is 5.75 Å². The number of rotatable bonds is 0. The van der Waals surface area contributed by atoms with Crippen molar-refractivity contribution in [1.29, 1.82) is 0 Å². The molecular weight excluding hydrogens is 265 g/mol. The molecule has 0 saturated carbocycles. The van der Waals surface area contributed by atoms with E-state index in [-0.39, 0.29) is 25.1 Å². The number of hydrogen-bond acceptors (Lipinski definition) is 1. The van der Waals surface area contributed by atoms with Crippen LogP contribution in [0.4, 0.5) is 0 Å². The zero-order chi connectivity index (χ0) is 9.46. The Balaban J connectivity index is 3.60. The van der Waals surface area contributed by atoms with Crippen molar-refractivity contribution in [2.45, 2.75) is 0 Å². The monoisotopic (exact) mass is 263 g/mol. The number of halogens is 5. The molecule has 0 radical (unpaired) electrons. The second-order valence-corrected chi connectivity index (χ2v) is 3.79. The predicted molar refractivity (Wildman–Crippen MR) is 50.9 cm³/mol. The highest BCUT2D eigenvalue weighted by Crippen LogP contribution is 2.46. The van der Waals surface area contributed by atoms with Gasteiger partial charge in [0.25, 0.3) is 0 Å². The highest BCUT2D eigenvalue weighted by Gasteiger charge is 2.13. The van der Waals surface area contributed by atoms with Crippen LogP contribution in [-0.2, 0) is 0 Å². The fourth-order valence-corrected chi connectivity index (χ4v) is 1.71. The maximum atomic E-state index is 11.1. The molecule has 0 heterocycles. The summed E-state index contributed by atoms with van der Waals surface area (Å²) in [4.78, 5) is 0. The Hall–Kier alpha value is 0.470. The summed E-state index contributed by atoms with van der Waals surface area (Å²) in [6.45, 7) is 0. The molecule has 0 amide bonds. The van der Waals surface area contributed by atoms with Crippen molar-refractivity contribution in [2.24, 2.45) is 0 Å². The van der Waals surface area contributed by atoms with Crippen molar-refractivity contribution in [1.82, 2.24) is 0 Å². The van der Waals surface area contributed by atoms with E-state index in [9.17, 15) is 5.11 Å². The van der Waals surface area contributed by atoms with Crippen LogP contribution in [0.25, 0.3) is 0 Å². The highest BCUT2D eigenvalue weighted by atomic mass is 35.5. The van der Waals surface area contributed by atoms with E-state index in [1.165, 1.54) is 0 Å². The molecule has 0 atom stereocenters. The van der Waals surface area contributed by atoms with Gasteiger partial charge in [0.1, 0.15) is 0 Å². The maximum absolute atomic E-state index is 11.1. The van der Waals surface area contributed by atoms with Crippen LogP contribution in [0.3, 0.4) is 0 Å². The van der Waals surface area contributed by atoms with E-state index in [0.717, 1.165) is 0 Å². The minimum absolute atomic E-state index is 0.00654. The van der Waals surface area contributed by atoms with Gasteiger partial charge >= 0.3 is 0 Å². The van der Waals surface area contributed by atoms with Gasteiger partial charge in [0.05, 0.1) is 25.1 Å². The second kappa shape index (κ2) is 3.69. The molecule has 0 bridgehead atoms. The molecular formula is C6Cl5O-. The van der Waals surface area contributed by atoms with Crippen LogP contribution in [0.5, 0.6) is 5.75 Å². The summed E-state index contributed by atoms with van der Waals surface area (Å²) >= 11 is 27.7. The molecule has 0 aliphatic carbocycles. The van der Waals surface area contributed by atoms with Crippen molar-refractivity contribution in [2.75, 3.05) is 0 Å². The van der Waals surface area contributed by atoms with Crippen LogP contribution in [0.15, 0.2) is 0 Å².